The van der Waals surface area contributed by atoms with Gasteiger partial charge in [-0.1, -0.05) is 11.2 Å². The van der Waals surface area contributed by atoms with Crippen molar-refractivity contribution in [1.82, 2.24) is 5.16 Å². The highest BCUT2D eigenvalue weighted by molar-refractivity contribution is 5.95. The van der Waals surface area contributed by atoms with Crippen LogP contribution in [-0.4, -0.2) is 46.7 Å². The first kappa shape index (κ1) is 20.1. The highest BCUT2D eigenvalue weighted by atomic mass is 16.5. The van der Waals surface area contributed by atoms with Crippen LogP contribution in [0.4, 0.5) is 0 Å². The molecule has 0 unspecified atom stereocenters. The summed E-state index contributed by atoms with van der Waals surface area (Å²) in [6, 6.07) is 8.68. The summed E-state index contributed by atoms with van der Waals surface area (Å²) >= 11 is 0. The summed E-state index contributed by atoms with van der Waals surface area (Å²) in [5, 5.41) is 3.93. The first-order valence-electron chi connectivity index (χ1n) is 8.59. The van der Waals surface area contributed by atoms with Crippen molar-refractivity contribution in [3.63, 3.8) is 0 Å². The molecule has 8 heteroatoms. The summed E-state index contributed by atoms with van der Waals surface area (Å²) in [5.41, 5.74) is 2.34. The zero-order valence-electron chi connectivity index (χ0n) is 16.8. The third kappa shape index (κ3) is 3.69. The lowest BCUT2D eigenvalue weighted by Gasteiger charge is -2.14. The molecular weight excluding hydrogens is 378 g/mol. The molecule has 1 heterocycles. The van der Waals surface area contributed by atoms with Crippen molar-refractivity contribution in [2.24, 2.45) is 0 Å². The fourth-order valence-corrected chi connectivity index (χ4v) is 3.01. The number of benzene rings is 2. The predicted octanol–water partition coefficient (Wildman–Crippen LogP) is 3.83. The minimum atomic E-state index is -0.505. The number of rotatable bonds is 7. The van der Waals surface area contributed by atoms with Crippen molar-refractivity contribution < 1.29 is 33.0 Å². The maximum Gasteiger partial charge on any atom is 0.341 e. The Morgan fingerprint density at radius 3 is 2.03 bits per heavy atom. The second-order valence-electron chi connectivity index (χ2n) is 5.89. The van der Waals surface area contributed by atoms with E-state index in [9.17, 15) is 4.79 Å². The molecule has 0 spiro atoms. The van der Waals surface area contributed by atoms with Gasteiger partial charge in [-0.25, -0.2) is 4.79 Å². The van der Waals surface area contributed by atoms with Crippen LogP contribution in [-0.2, 0) is 4.74 Å². The lowest BCUT2D eigenvalue weighted by molar-refractivity contribution is 0.0597. The zero-order valence-corrected chi connectivity index (χ0v) is 16.8. The molecule has 0 aliphatic rings. The summed E-state index contributed by atoms with van der Waals surface area (Å²) in [5.74, 6) is 1.81. The van der Waals surface area contributed by atoms with Crippen LogP contribution in [0.2, 0.25) is 0 Å². The lowest BCUT2D eigenvalue weighted by atomic mass is 9.99. The smallest absolute Gasteiger partial charge is 0.341 e. The van der Waals surface area contributed by atoms with Crippen molar-refractivity contribution in [2.75, 3.05) is 35.5 Å². The largest absolute Gasteiger partial charge is 0.496 e. The third-order valence-electron chi connectivity index (χ3n) is 4.41. The van der Waals surface area contributed by atoms with Gasteiger partial charge >= 0.3 is 5.97 Å². The monoisotopic (exact) mass is 399 g/mol. The van der Waals surface area contributed by atoms with Crippen LogP contribution < -0.4 is 18.9 Å². The summed E-state index contributed by atoms with van der Waals surface area (Å²) in [6.07, 6.45) is 1.57. The van der Waals surface area contributed by atoms with E-state index in [1.54, 1.807) is 36.5 Å². The fourth-order valence-electron chi connectivity index (χ4n) is 3.01. The number of hydrogen-bond donors (Lipinski definition) is 0. The average molecular weight is 399 g/mol. The Bertz CT molecular complexity index is 1000. The molecule has 2 aromatic carbocycles. The quantitative estimate of drug-likeness (QED) is 0.554. The number of carbonyl (C=O) groups excluding carboxylic acids is 1. The molecule has 1 aromatic heterocycles. The maximum atomic E-state index is 12.1. The number of aromatic nitrogens is 1. The van der Waals surface area contributed by atoms with E-state index in [1.165, 1.54) is 35.5 Å². The van der Waals surface area contributed by atoms with Gasteiger partial charge in [-0.05, 0) is 29.8 Å². The fraction of sp³-hybridized carbons (Fsp3) is 0.238. The number of methoxy groups -OCH3 is 5. The second kappa shape index (κ2) is 8.55. The Labute approximate surface area is 167 Å². The molecule has 0 atom stereocenters. The third-order valence-corrected chi connectivity index (χ3v) is 4.41. The summed E-state index contributed by atoms with van der Waals surface area (Å²) in [6.45, 7) is 0. The van der Waals surface area contributed by atoms with E-state index in [0.717, 1.165) is 0 Å². The van der Waals surface area contributed by atoms with Gasteiger partial charge in [0.05, 0.1) is 41.7 Å². The van der Waals surface area contributed by atoms with Crippen molar-refractivity contribution in [3.05, 3.63) is 42.1 Å². The zero-order chi connectivity index (χ0) is 21.0. The lowest BCUT2D eigenvalue weighted by Crippen LogP contribution is -2.04. The highest BCUT2D eigenvalue weighted by Crippen LogP contribution is 2.43. The van der Waals surface area contributed by atoms with Gasteiger partial charge in [0.15, 0.2) is 17.3 Å². The standard InChI is InChI=1S/C21H21NO7/c1-24-16-7-6-12(8-14(16)21(23)28-5)15-11-22-29-19(15)13-9-17(25-2)20(27-4)18(10-13)26-3/h6-11H,1-5H3. The van der Waals surface area contributed by atoms with E-state index in [-0.39, 0.29) is 0 Å². The van der Waals surface area contributed by atoms with Gasteiger partial charge in [-0.15, -0.1) is 0 Å². The number of ether oxygens (including phenoxy) is 5. The van der Waals surface area contributed by atoms with E-state index in [2.05, 4.69) is 5.16 Å². The molecule has 0 bridgehead atoms. The van der Waals surface area contributed by atoms with E-state index in [1.807, 2.05) is 0 Å². The van der Waals surface area contributed by atoms with E-state index in [4.69, 9.17) is 28.2 Å². The summed E-state index contributed by atoms with van der Waals surface area (Å²) in [7, 11) is 7.41. The average Bonchev–Trinajstić information content (AvgIpc) is 3.26. The molecule has 0 fully saturated rings. The minimum absolute atomic E-state index is 0.296. The molecule has 0 aliphatic carbocycles. The van der Waals surface area contributed by atoms with E-state index in [0.29, 0.717) is 51.0 Å². The molecule has 0 aliphatic heterocycles. The second-order valence-corrected chi connectivity index (χ2v) is 5.89. The van der Waals surface area contributed by atoms with Crippen LogP contribution in [0.1, 0.15) is 10.4 Å². The SMILES string of the molecule is COC(=O)c1cc(-c2cnoc2-c2cc(OC)c(OC)c(OC)c2)ccc1OC. The molecular formula is C21H21NO7. The van der Waals surface area contributed by atoms with Gasteiger partial charge in [0, 0.05) is 11.1 Å². The van der Waals surface area contributed by atoms with E-state index < -0.39 is 5.97 Å². The van der Waals surface area contributed by atoms with Crippen LogP contribution in [0.5, 0.6) is 23.0 Å². The number of hydrogen-bond acceptors (Lipinski definition) is 8. The Morgan fingerprint density at radius 1 is 0.828 bits per heavy atom. The molecule has 0 saturated heterocycles. The summed E-state index contributed by atoms with van der Waals surface area (Å²) in [4.78, 5) is 12.1. The summed E-state index contributed by atoms with van der Waals surface area (Å²) < 4.78 is 31.8. The van der Waals surface area contributed by atoms with Gasteiger partial charge in [-0.3, -0.25) is 0 Å². The van der Waals surface area contributed by atoms with Crippen LogP contribution in [0.3, 0.4) is 0 Å². The number of nitrogens with zero attached hydrogens (tertiary/aromatic N) is 1. The molecule has 0 radical (unpaired) electrons. The Balaban J connectivity index is 2.15. The van der Waals surface area contributed by atoms with Gasteiger partial charge in [0.25, 0.3) is 0 Å². The Kier molecular flexibility index (Phi) is 5.92. The Hall–Kier alpha value is -3.68. The molecule has 0 amide bonds. The maximum absolute atomic E-state index is 12.1. The number of carbonyl (C=O) groups is 1. The minimum Gasteiger partial charge on any atom is -0.496 e. The molecule has 8 nitrogen and oxygen atoms in total. The molecule has 3 rings (SSSR count). The van der Waals surface area contributed by atoms with Crippen LogP contribution in [0.15, 0.2) is 41.1 Å². The topological polar surface area (TPSA) is 89.3 Å². The van der Waals surface area contributed by atoms with Gasteiger partial charge < -0.3 is 28.2 Å². The van der Waals surface area contributed by atoms with Crippen LogP contribution in [0, 0.1) is 0 Å². The normalized spacial score (nSPS) is 10.4. The molecule has 29 heavy (non-hydrogen) atoms. The Morgan fingerprint density at radius 2 is 1.48 bits per heavy atom. The molecule has 3 aromatic rings. The molecule has 0 saturated carbocycles. The van der Waals surface area contributed by atoms with Crippen molar-refractivity contribution in [3.8, 4) is 45.4 Å². The first-order chi connectivity index (χ1) is 14.1. The predicted molar refractivity (Wildman–Crippen MR) is 105 cm³/mol. The van der Waals surface area contributed by atoms with Gasteiger partial charge in [-0.2, -0.15) is 0 Å². The van der Waals surface area contributed by atoms with Crippen LogP contribution in [0.25, 0.3) is 22.5 Å². The highest BCUT2D eigenvalue weighted by Gasteiger charge is 2.21. The number of esters is 1. The van der Waals surface area contributed by atoms with E-state index >= 15 is 0 Å². The van der Waals surface area contributed by atoms with Crippen molar-refractivity contribution in [1.29, 1.82) is 0 Å². The van der Waals surface area contributed by atoms with Crippen molar-refractivity contribution >= 4 is 5.97 Å². The van der Waals surface area contributed by atoms with Crippen LogP contribution >= 0.6 is 0 Å². The first-order valence-corrected chi connectivity index (χ1v) is 8.59. The molecule has 152 valence electrons. The van der Waals surface area contributed by atoms with Gasteiger partial charge in [0.2, 0.25) is 5.75 Å². The van der Waals surface area contributed by atoms with Gasteiger partial charge in [0.1, 0.15) is 11.3 Å². The van der Waals surface area contributed by atoms with Crippen molar-refractivity contribution in [2.45, 2.75) is 0 Å². The molecule has 0 N–H and O–H groups in total.